The Morgan fingerprint density at radius 1 is 1.18 bits per heavy atom. The fourth-order valence-corrected chi connectivity index (χ4v) is 1.73. The fourth-order valence-electron chi connectivity index (χ4n) is 1.07. The van der Waals surface area contributed by atoms with E-state index in [1.807, 2.05) is 0 Å². The van der Waals surface area contributed by atoms with Crippen LogP contribution in [0.1, 0.15) is 11.1 Å². The van der Waals surface area contributed by atoms with E-state index in [-0.39, 0.29) is 3.70 Å². The number of ether oxygens (including phenoxy) is 1. The number of hydrogen-bond acceptors (Lipinski definition) is 2. The first-order chi connectivity index (χ1) is 7.52. The van der Waals surface area contributed by atoms with Gasteiger partial charge >= 0.3 is 12.5 Å². The Hall–Kier alpha value is -0.740. The lowest BCUT2D eigenvalue weighted by atomic mass is 10.1. The molecule has 17 heavy (non-hydrogen) atoms. The predicted molar refractivity (Wildman–Crippen MR) is 53.4 cm³/mol. The maximum atomic E-state index is 12.4. The third-order valence-corrected chi connectivity index (χ3v) is 2.53. The number of halogens is 7. The van der Waals surface area contributed by atoms with Gasteiger partial charge < -0.3 is 4.74 Å². The highest BCUT2D eigenvalue weighted by Crippen LogP contribution is 2.38. The molecule has 0 unspecified atom stereocenters. The molecular weight excluding hydrogens is 367 g/mol. The Morgan fingerprint density at radius 2 is 1.71 bits per heavy atom. The van der Waals surface area contributed by atoms with E-state index >= 15 is 0 Å². The smallest absolute Gasteiger partial charge is 0.403 e. The molecule has 0 amide bonds. The molecule has 96 valence electrons. The van der Waals surface area contributed by atoms with Crippen molar-refractivity contribution in [2.24, 2.45) is 0 Å². The first kappa shape index (κ1) is 14.3. The number of pyridine rings is 1. The summed E-state index contributed by atoms with van der Waals surface area (Å²) < 4.78 is 76.5. The second-order valence-electron chi connectivity index (χ2n) is 2.96. The molecule has 0 aromatic carbocycles. The highest BCUT2D eigenvalue weighted by molar-refractivity contribution is 14.1. The minimum Gasteiger partial charge on any atom is -0.403 e. The molecule has 0 aliphatic heterocycles. The lowest BCUT2D eigenvalue weighted by Gasteiger charge is -2.16. The molecule has 1 rings (SSSR count). The molecule has 0 radical (unpaired) electrons. The summed E-state index contributed by atoms with van der Waals surface area (Å²) in [7, 11) is 0. The number of rotatable bonds is 1. The Balaban J connectivity index is 3.31. The average molecular weight is 371 g/mol. The van der Waals surface area contributed by atoms with Crippen molar-refractivity contribution in [3.05, 3.63) is 21.0 Å². The molecule has 0 spiro atoms. The van der Waals surface area contributed by atoms with Crippen LogP contribution in [0, 0.1) is 10.6 Å². The van der Waals surface area contributed by atoms with Crippen molar-refractivity contribution in [1.29, 1.82) is 0 Å². The molecule has 0 atom stereocenters. The normalized spacial score (nSPS) is 12.7. The van der Waals surface area contributed by atoms with E-state index in [4.69, 9.17) is 0 Å². The highest BCUT2D eigenvalue weighted by Gasteiger charge is 2.38. The maximum absolute atomic E-state index is 12.4. The van der Waals surface area contributed by atoms with E-state index in [9.17, 15) is 26.3 Å². The molecule has 0 saturated carbocycles. The van der Waals surface area contributed by atoms with Gasteiger partial charge in [-0.2, -0.15) is 13.2 Å². The van der Waals surface area contributed by atoms with E-state index in [2.05, 4.69) is 9.72 Å². The standard InChI is InChI=1S/C8H4F6INO/c1-3-4(7(9,10)11)2-16-6(15)5(3)17-8(12,13)14/h2H,1H3. The van der Waals surface area contributed by atoms with Gasteiger partial charge in [0, 0.05) is 11.8 Å². The second kappa shape index (κ2) is 4.50. The van der Waals surface area contributed by atoms with Crippen LogP contribution >= 0.6 is 22.6 Å². The number of alkyl halides is 6. The van der Waals surface area contributed by atoms with Gasteiger partial charge in [0.1, 0.15) is 3.70 Å². The van der Waals surface area contributed by atoms with E-state index in [1.165, 1.54) is 22.6 Å². The zero-order valence-corrected chi connectivity index (χ0v) is 10.2. The zero-order chi connectivity index (χ0) is 13.4. The Bertz CT molecular complexity index is 427. The van der Waals surface area contributed by atoms with Crippen LogP contribution in [0.2, 0.25) is 0 Å². The van der Waals surface area contributed by atoms with E-state index in [0.717, 1.165) is 6.92 Å². The van der Waals surface area contributed by atoms with Crippen molar-refractivity contribution in [2.45, 2.75) is 19.5 Å². The predicted octanol–water partition coefficient (Wildman–Crippen LogP) is 3.91. The maximum Gasteiger partial charge on any atom is 0.573 e. The first-order valence-electron chi connectivity index (χ1n) is 4.00. The van der Waals surface area contributed by atoms with E-state index in [0.29, 0.717) is 6.20 Å². The van der Waals surface area contributed by atoms with Gasteiger partial charge in [-0.1, -0.05) is 0 Å². The molecule has 0 saturated heterocycles. The molecule has 0 aliphatic carbocycles. The average Bonchev–Trinajstić information content (AvgIpc) is 2.08. The monoisotopic (exact) mass is 371 g/mol. The molecule has 1 aromatic rings. The molecule has 0 aliphatic rings. The van der Waals surface area contributed by atoms with Crippen molar-refractivity contribution < 1.29 is 31.1 Å². The SMILES string of the molecule is Cc1c(C(F)(F)F)cnc(I)c1OC(F)(F)F. The van der Waals surface area contributed by atoms with Crippen molar-refractivity contribution >= 4 is 22.6 Å². The van der Waals surface area contributed by atoms with Crippen LogP contribution < -0.4 is 4.74 Å². The highest BCUT2D eigenvalue weighted by atomic mass is 127. The molecule has 9 heteroatoms. The summed E-state index contributed by atoms with van der Waals surface area (Å²) in [6.07, 6.45) is -9.36. The van der Waals surface area contributed by atoms with Crippen molar-refractivity contribution in [2.75, 3.05) is 0 Å². The molecule has 0 N–H and O–H groups in total. The lowest BCUT2D eigenvalue weighted by molar-refractivity contribution is -0.275. The van der Waals surface area contributed by atoms with Gasteiger partial charge in [-0.05, 0) is 29.5 Å². The summed E-state index contributed by atoms with van der Waals surface area (Å²) in [6, 6.07) is 0. The van der Waals surface area contributed by atoms with Gasteiger partial charge in [0.2, 0.25) is 0 Å². The minimum atomic E-state index is -5.06. The molecule has 1 aromatic heterocycles. The van der Waals surface area contributed by atoms with Gasteiger partial charge in [-0.3, -0.25) is 0 Å². The van der Waals surface area contributed by atoms with Gasteiger partial charge in [-0.25, -0.2) is 4.98 Å². The van der Waals surface area contributed by atoms with Gasteiger partial charge in [0.05, 0.1) is 5.56 Å². The number of aromatic nitrogens is 1. The van der Waals surface area contributed by atoms with Crippen LogP contribution in [0.25, 0.3) is 0 Å². The first-order valence-corrected chi connectivity index (χ1v) is 5.08. The molecule has 0 bridgehead atoms. The van der Waals surface area contributed by atoms with Crippen molar-refractivity contribution in [3.8, 4) is 5.75 Å². The largest absolute Gasteiger partial charge is 0.573 e. The van der Waals surface area contributed by atoms with Gasteiger partial charge in [-0.15, -0.1) is 13.2 Å². The van der Waals surface area contributed by atoms with Crippen LogP contribution in [-0.2, 0) is 6.18 Å². The van der Waals surface area contributed by atoms with Crippen LogP contribution in [0.3, 0.4) is 0 Å². The Labute approximate surface area is 105 Å². The lowest BCUT2D eigenvalue weighted by Crippen LogP contribution is -2.20. The number of nitrogens with zero attached hydrogens (tertiary/aromatic N) is 1. The summed E-state index contributed by atoms with van der Waals surface area (Å²) in [5.74, 6) is -0.923. The van der Waals surface area contributed by atoms with E-state index in [1.54, 1.807) is 0 Å². The molecule has 2 nitrogen and oxygen atoms in total. The van der Waals surface area contributed by atoms with Crippen molar-refractivity contribution in [1.82, 2.24) is 4.98 Å². The minimum absolute atomic E-state index is 0.287. The summed E-state index contributed by atoms with van der Waals surface area (Å²) in [4.78, 5) is 3.23. The zero-order valence-electron chi connectivity index (χ0n) is 8.08. The van der Waals surface area contributed by atoms with Gasteiger partial charge in [0.15, 0.2) is 5.75 Å². The molecular formula is C8H4F6INO. The fraction of sp³-hybridized carbons (Fsp3) is 0.375. The van der Waals surface area contributed by atoms with E-state index < -0.39 is 29.4 Å². The summed E-state index contributed by atoms with van der Waals surface area (Å²) in [6.45, 7) is 0.897. The summed E-state index contributed by atoms with van der Waals surface area (Å²) >= 11 is 1.37. The van der Waals surface area contributed by atoms with Crippen molar-refractivity contribution in [3.63, 3.8) is 0 Å². The summed E-state index contributed by atoms with van der Waals surface area (Å²) in [5, 5.41) is 0. The third-order valence-electron chi connectivity index (χ3n) is 1.76. The van der Waals surface area contributed by atoms with Crippen LogP contribution in [0.15, 0.2) is 6.20 Å². The van der Waals surface area contributed by atoms with Crippen LogP contribution in [0.5, 0.6) is 5.75 Å². The quantitative estimate of drug-likeness (QED) is 0.424. The Morgan fingerprint density at radius 3 is 2.12 bits per heavy atom. The van der Waals surface area contributed by atoms with Crippen LogP contribution in [-0.4, -0.2) is 11.3 Å². The van der Waals surface area contributed by atoms with Crippen LogP contribution in [0.4, 0.5) is 26.3 Å². The molecule has 0 fully saturated rings. The summed E-state index contributed by atoms with van der Waals surface area (Å²) in [5.41, 5.74) is -1.90. The Kier molecular flexibility index (Phi) is 3.79. The second-order valence-corrected chi connectivity index (χ2v) is 3.98. The number of hydrogen-bond donors (Lipinski definition) is 0. The van der Waals surface area contributed by atoms with Gasteiger partial charge in [0.25, 0.3) is 0 Å². The molecule has 1 heterocycles. The third kappa shape index (κ3) is 3.61. The topological polar surface area (TPSA) is 22.1 Å².